The number of amides is 1. The van der Waals surface area contributed by atoms with Gasteiger partial charge in [-0.1, -0.05) is 45.9 Å². The van der Waals surface area contributed by atoms with E-state index in [2.05, 4.69) is 52.0 Å². The van der Waals surface area contributed by atoms with Gasteiger partial charge in [0.2, 0.25) is 5.91 Å². The van der Waals surface area contributed by atoms with E-state index in [1.807, 2.05) is 20.2 Å². The summed E-state index contributed by atoms with van der Waals surface area (Å²) in [5, 5.41) is 0. The lowest BCUT2D eigenvalue weighted by Gasteiger charge is -2.23. The third-order valence-electron chi connectivity index (χ3n) is 6.03. The van der Waals surface area contributed by atoms with E-state index in [9.17, 15) is 4.79 Å². The molecule has 0 spiro atoms. The Labute approximate surface area is 196 Å². The highest BCUT2D eigenvalue weighted by Crippen LogP contribution is 2.26. The van der Waals surface area contributed by atoms with Crippen LogP contribution in [0.3, 0.4) is 0 Å². The van der Waals surface area contributed by atoms with Gasteiger partial charge in [-0.25, -0.2) is 0 Å². The summed E-state index contributed by atoms with van der Waals surface area (Å²) in [5.74, 6) is 2.54. The quantitative estimate of drug-likeness (QED) is 0.268. The molecule has 32 heavy (non-hydrogen) atoms. The molecule has 0 saturated heterocycles. The Morgan fingerprint density at radius 1 is 1.00 bits per heavy atom. The summed E-state index contributed by atoms with van der Waals surface area (Å²) >= 11 is 0. The Morgan fingerprint density at radius 3 is 2.25 bits per heavy atom. The zero-order chi connectivity index (χ0) is 24.1. The second-order valence-electron chi connectivity index (χ2n) is 9.43. The fraction of sp³-hybridized carbons (Fsp3) is 0.667. The van der Waals surface area contributed by atoms with Crippen LogP contribution in [0.2, 0.25) is 0 Å². The van der Waals surface area contributed by atoms with Gasteiger partial charge in [0.25, 0.3) is 0 Å². The maximum Gasteiger partial charge on any atom is 0.225 e. The van der Waals surface area contributed by atoms with Gasteiger partial charge in [-0.15, -0.1) is 0 Å². The number of carbonyl (C=O) groups is 1. The van der Waals surface area contributed by atoms with Gasteiger partial charge in [-0.2, -0.15) is 0 Å². The van der Waals surface area contributed by atoms with Crippen LogP contribution in [0.5, 0.6) is 5.75 Å². The Hall–Kier alpha value is -1.85. The van der Waals surface area contributed by atoms with Crippen molar-refractivity contribution in [2.45, 2.75) is 53.6 Å². The average molecular weight is 448 g/mol. The van der Waals surface area contributed by atoms with Gasteiger partial charge in [0.1, 0.15) is 5.75 Å². The summed E-state index contributed by atoms with van der Waals surface area (Å²) in [5.41, 5.74) is 2.37. The van der Waals surface area contributed by atoms with Crippen LogP contribution in [0.15, 0.2) is 30.4 Å². The van der Waals surface area contributed by atoms with Crippen LogP contribution in [-0.2, 0) is 27.3 Å². The van der Waals surface area contributed by atoms with E-state index in [-0.39, 0.29) is 11.8 Å². The average Bonchev–Trinajstić information content (AvgIpc) is 2.75. The number of methoxy groups -OCH3 is 2. The van der Waals surface area contributed by atoms with Crippen LogP contribution >= 0.6 is 0 Å². The molecule has 0 aliphatic rings. The monoisotopic (exact) mass is 447 g/mol. The zero-order valence-electron chi connectivity index (χ0n) is 21.5. The molecule has 1 aromatic carbocycles. The lowest BCUT2D eigenvalue weighted by atomic mass is 9.85. The first-order chi connectivity index (χ1) is 15.2. The highest BCUT2D eigenvalue weighted by molar-refractivity contribution is 5.78. The van der Waals surface area contributed by atoms with Gasteiger partial charge in [0.15, 0.2) is 0 Å². The van der Waals surface area contributed by atoms with Gasteiger partial charge < -0.3 is 19.1 Å². The van der Waals surface area contributed by atoms with Crippen molar-refractivity contribution >= 4 is 5.91 Å². The van der Waals surface area contributed by atoms with E-state index in [0.29, 0.717) is 37.6 Å². The van der Waals surface area contributed by atoms with Crippen molar-refractivity contribution in [3.05, 3.63) is 41.5 Å². The van der Waals surface area contributed by atoms with Gasteiger partial charge >= 0.3 is 0 Å². The van der Waals surface area contributed by atoms with E-state index in [1.54, 1.807) is 19.1 Å². The molecular formula is C27H45NO4. The number of allylic oxidation sites excluding steroid dienone is 2. The molecule has 5 nitrogen and oxygen atoms in total. The van der Waals surface area contributed by atoms with Gasteiger partial charge in [0.05, 0.1) is 26.9 Å². The largest absolute Gasteiger partial charge is 0.496 e. The fourth-order valence-corrected chi connectivity index (χ4v) is 3.79. The lowest BCUT2D eigenvalue weighted by molar-refractivity contribution is -0.134. The maximum atomic E-state index is 12.4. The summed E-state index contributed by atoms with van der Waals surface area (Å²) in [6, 6.07) is 6.40. The van der Waals surface area contributed by atoms with Crippen molar-refractivity contribution in [2.24, 2.45) is 23.7 Å². The van der Waals surface area contributed by atoms with Crippen molar-refractivity contribution in [1.29, 1.82) is 0 Å². The van der Waals surface area contributed by atoms with Crippen molar-refractivity contribution < 1.29 is 19.0 Å². The van der Waals surface area contributed by atoms with Crippen molar-refractivity contribution in [1.82, 2.24) is 4.90 Å². The zero-order valence-corrected chi connectivity index (χ0v) is 21.5. The normalized spacial score (nSPS) is 13.7. The molecule has 5 heteroatoms. The molecule has 0 N–H and O–H groups in total. The number of benzene rings is 1. The Balaban J connectivity index is 2.78. The van der Waals surface area contributed by atoms with Crippen molar-refractivity contribution in [3.8, 4) is 5.75 Å². The molecule has 1 aromatic rings. The summed E-state index contributed by atoms with van der Waals surface area (Å²) in [6.45, 7) is 10.5. The predicted octanol–water partition coefficient (Wildman–Crippen LogP) is 5.37. The van der Waals surface area contributed by atoms with Gasteiger partial charge in [-0.3, -0.25) is 4.79 Å². The van der Waals surface area contributed by atoms with Crippen LogP contribution in [0.4, 0.5) is 0 Å². The predicted molar refractivity (Wildman–Crippen MR) is 132 cm³/mol. The molecule has 0 aromatic heterocycles. The first kappa shape index (κ1) is 28.2. The number of nitrogens with zero attached hydrogens (tertiary/aromatic N) is 1. The molecule has 0 bridgehead atoms. The minimum atomic E-state index is 0.0426. The number of hydrogen-bond donors (Lipinski definition) is 0. The first-order valence-electron chi connectivity index (χ1n) is 11.8. The number of carbonyl (C=O) groups excluding carboxylic acids is 1. The molecule has 0 aliphatic carbocycles. The summed E-state index contributed by atoms with van der Waals surface area (Å²) < 4.78 is 16.3. The summed E-state index contributed by atoms with van der Waals surface area (Å²) in [6.07, 6.45) is 7.27. The van der Waals surface area contributed by atoms with E-state index < -0.39 is 0 Å². The van der Waals surface area contributed by atoms with Crippen molar-refractivity contribution in [2.75, 3.05) is 41.5 Å². The lowest BCUT2D eigenvalue weighted by Crippen LogP contribution is -2.32. The molecular weight excluding hydrogens is 402 g/mol. The molecule has 2 atom stereocenters. The van der Waals surface area contributed by atoms with Crippen LogP contribution in [-0.4, -0.2) is 52.3 Å². The van der Waals surface area contributed by atoms with Crippen LogP contribution < -0.4 is 4.74 Å². The number of hydrogen-bond acceptors (Lipinski definition) is 4. The van der Waals surface area contributed by atoms with Crippen LogP contribution in [0.1, 0.15) is 51.7 Å². The van der Waals surface area contributed by atoms with E-state index in [1.165, 1.54) is 5.56 Å². The minimum Gasteiger partial charge on any atom is -0.496 e. The highest BCUT2D eigenvalue weighted by atomic mass is 16.5. The highest BCUT2D eigenvalue weighted by Gasteiger charge is 2.22. The smallest absolute Gasteiger partial charge is 0.225 e. The molecule has 0 radical (unpaired) electrons. The van der Waals surface area contributed by atoms with E-state index in [4.69, 9.17) is 14.2 Å². The maximum absolute atomic E-state index is 12.4. The molecule has 1 amide bonds. The topological polar surface area (TPSA) is 48.0 Å². The summed E-state index contributed by atoms with van der Waals surface area (Å²) in [7, 11) is 7.04. The summed E-state index contributed by atoms with van der Waals surface area (Å²) in [4.78, 5) is 14.1. The molecule has 0 aliphatic heterocycles. The van der Waals surface area contributed by atoms with Crippen LogP contribution in [0, 0.1) is 23.7 Å². The standard InChI is InChI=1S/C27H45NO4/c1-20(2)23(11-9-10-12-25(21(3)4)27(29)28(5)6)17-22-13-14-26(31-8)24(18-22)19-32-16-15-30-7/h9-10,13-14,18,20-21,23,25H,11-12,15-17,19H2,1-8H3/b10-9+. The van der Waals surface area contributed by atoms with Gasteiger partial charge in [-0.05, 0) is 54.7 Å². The Morgan fingerprint density at radius 2 is 1.69 bits per heavy atom. The third kappa shape index (κ3) is 9.74. The Kier molecular flexibility index (Phi) is 13.3. The number of rotatable bonds is 15. The van der Waals surface area contributed by atoms with E-state index >= 15 is 0 Å². The SMILES string of the molecule is COCCOCc1cc(CC(C/C=C/CC(C(=O)N(C)C)C(C)C)C(C)C)ccc1OC. The van der Waals surface area contributed by atoms with Gasteiger partial charge in [0, 0.05) is 32.7 Å². The van der Waals surface area contributed by atoms with Crippen LogP contribution in [0.25, 0.3) is 0 Å². The molecule has 2 unspecified atom stereocenters. The second kappa shape index (κ2) is 15.1. The Bertz CT molecular complexity index is 697. The second-order valence-corrected chi connectivity index (χ2v) is 9.43. The molecule has 0 fully saturated rings. The number of ether oxygens (including phenoxy) is 3. The molecule has 182 valence electrons. The fourth-order valence-electron chi connectivity index (χ4n) is 3.79. The third-order valence-corrected chi connectivity index (χ3v) is 6.03. The van der Waals surface area contributed by atoms with E-state index in [0.717, 1.165) is 30.6 Å². The molecule has 0 saturated carbocycles. The molecule has 0 heterocycles. The van der Waals surface area contributed by atoms with Crippen molar-refractivity contribution in [3.63, 3.8) is 0 Å². The minimum absolute atomic E-state index is 0.0426. The first-order valence-corrected chi connectivity index (χ1v) is 11.8. The molecule has 1 rings (SSSR count).